The second-order valence-electron chi connectivity index (χ2n) is 3.92. The van der Waals surface area contributed by atoms with E-state index in [0.717, 1.165) is 6.42 Å². The quantitative estimate of drug-likeness (QED) is 0.542. The van der Waals surface area contributed by atoms with Gasteiger partial charge in [0.1, 0.15) is 7.85 Å². The summed E-state index contributed by atoms with van der Waals surface area (Å²) in [6.07, 6.45) is 1.29. The van der Waals surface area contributed by atoms with E-state index in [9.17, 15) is 0 Å². The summed E-state index contributed by atoms with van der Waals surface area (Å²) in [4.78, 5) is 0. The minimum Gasteiger partial charge on any atom is -0.376 e. The van der Waals surface area contributed by atoms with Gasteiger partial charge in [-0.05, 0) is 13.3 Å². The average Bonchev–Trinajstić information content (AvgIpc) is 2.41. The van der Waals surface area contributed by atoms with Crippen molar-refractivity contribution in [2.75, 3.05) is 0 Å². The van der Waals surface area contributed by atoms with Gasteiger partial charge in [-0.25, -0.2) is 0 Å². The van der Waals surface area contributed by atoms with Gasteiger partial charge in [0.2, 0.25) is 0 Å². The number of hydrogen-bond acceptors (Lipinski definition) is 2. The highest BCUT2D eigenvalue weighted by molar-refractivity contribution is 6.11. The fourth-order valence-electron chi connectivity index (χ4n) is 2.70. The van der Waals surface area contributed by atoms with Crippen LogP contribution >= 0.6 is 0 Å². The molecule has 2 heterocycles. The van der Waals surface area contributed by atoms with Crippen molar-refractivity contribution in [2.24, 2.45) is 5.92 Å². The third kappa shape index (κ3) is 0.788. The molecule has 0 aromatic rings. The Morgan fingerprint density at radius 3 is 2.42 bits per heavy atom. The fourth-order valence-corrected chi connectivity index (χ4v) is 2.70. The first kappa shape index (κ1) is 8.58. The van der Waals surface area contributed by atoms with Crippen molar-refractivity contribution >= 4 is 7.85 Å². The lowest BCUT2D eigenvalue weighted by atomic mass is 9.82. The van der Waals surface area contributed by atoms with Crippen LogP contribution in [0.25, 0.3) is 0 Å². The second kappa shape index (κ2) is 2.49. The van der Waals surface area contributed by atoms with E-state index in [0.29, 0.717) is 5.92 Å². The Morgan fingerprint density at radius 2 is 2.08 bits per heavy atom. The first-order valence-electron chi connectivity index (χ1n) is 4.70. The summed E-state index contributed by atoms with van der Waals surface area (Å²) in [6, 6.07) is -0.212. The number of ether oxygens (including phenoxy) is 2. The minimum absolute atomic E-state index is 0.107. The Bertz CT molecular complexity index is 197. The first-order chi connectivity index (χ1) is 5.62. The molecular formula is C9H15BO2. The van der Waals surface area contributed by atoms with E-state index in [4.69, 9.17) is 17.3 Å². The maximum Gasteiger partial charge on any atom is 0.112 e. The van der Waals surface area contributed by atoms with Crippen LogP contribution in [0.1, 0.15) is 27.2 Å². The third-order valence-corrected chi connectivity index (χ3v) is 3.54. The van der Waals surface area contributed by atoms with Crippen molar-refractivity contribution < 1.29 is 9.47 Å². The van der Waals surface area contributed by atoms with E-state index in [2.05, 4.69) is 20.8 Å². The van der Waals surface area contributed by atoms with Crippen molar-refractivity contribution in [3.05, 3.63) is 0 Å². The van der Waals surface area contributed by atoms with Gasteiger partial charge in [-0.1, -0.05) is 13.8 Å². The Kier molecular flexibility index (Phi) is 1.78. The maximum atomic E-state index is 5.79. The van der Waals surface area contributed by atoms with Crippen LogP contribution in [0.5, 0.6) is 0 Å². The van der Waals surface area contributed by atoms with Gasteiger partial charge < -0.3 is 9.47 Å². The van der Waals surface area contributed by atoms with Gasteiger partial charge in [0.15, 0.2) is 0 Å². The van der Waals surface area contributed by atoms with Crippen molar-refractivity contribution in [1.82, 2.24) is 0 Å². The Balaban J connectivity index is 2.30. The van der Waals surface area contributed by atoms with Crippen LogP contribution in [0.15, 0.2) is 0 Å². The summed E-state index contributed by atoms with van der Waals surface area (Å²) >= 11 is 0. The molecule has 5 atom stereocenters. The summed E-state index contributed by atoms with van der Waals surface area (Å²) in [7, 11) is 5.79. The van der Waals surface area contributed by atoms with Crippen LogP contribution in [0.4, 0.5) is 0 Å². The van der Waals surface area contributed by atoms with Crippen LogP contribution in [0.3, 0.4) is 0 Å². The number of hydrogen-bond donors (Lipinski definition) is 0. The second-order valence-corrected chi connectivity index (χ2v) is 3.92. The van der Waals surface area contributed by atoms with Crippen molar-refractivity contribution in [3.63, 3.8) is 0 Å². The van der Waals surface area contributed by atoms with Crippen molar-refractivity contribution in [3.8, 4) is 0 Å². The standard InChI is InChI=1S/C9H15BO2/c1-4-9-5(2)7(8(10)12-9)11-6(9)3/h5-8H,4H2,1-3H3/t5-,6+,7?,8-,9-/m1/s1. The largest absolute Gasteiger partial charge is 0.376 e. The summed E-state index contributed by atoms with van der Waals surface area (Å²) in [6.45, 7) is 6.38. The molecule has 0 saturated carbocycles. The first-order valence-corrected chi connectivity index (χ1v) is 4.70. The van der Waals surface area contributed by atoms with Gasteiger partial charge >= 0.3 is 0 Å². The Hall–Kier alpha value is -0.0151. The monoisotopic (exact) mass is 166 g/mol. The predicted octanol–water partition coefficient (Wildman–Crippen LogP) is 1.08. The molecule has 66 valence electrons. The van der Waals surface area contributed by atoms with E-state index in [-0.39, 0.29) is 23.8 Å². The molecule has 2 rings (SSSR count). The molecule has 3 heteroatoms. The summed E-state index contributed by atoms with van der Waals surface area (Å²) in [5.74, 6) is 0.437. The number of rotatable bonds is 1. The molecule has 2 aliphatic rings. The Morgan fingerprint density at radius 1 is 1.42 bits per heavy atom. The molecule has 0 amide bonds. The average molecular weight is 166 g/mol. The lowest BCUT2D eigenvalue weighted by molar-refractivity contribution is -0.156. The molecule has 0 aliphatic carbocycles. The molecule has 2 bridgehead atoms. The van der Waals surface area contributed by atoms with Crippen molar-refractivity contribution in [1.29, 1.82) is 0 Å². The maximum absolute atomic E-state index is 5.79. The van der Waals surface area contributed by atoms with Crippen molar-refractivity contribution in [2.45, 2.75) is 51.0 Å². The smallest absolute Gasteiger partial charge is 0.112 e. The Labute approximate surface area is 75.0 Å². The van der Waals surface area contributed by atoms with E-state index in [1.54, 1.807) is 0 Å². The number of fused-ring (bicyclic) bond motifs is 2. The van der Waals surface area contributed by atoms with Gasteiger partial charge in [0.25, 0.3) is 0 Å². The molecule has 0 aromatic carbocycles. The topological polar surface area (TPSA) is 18.5 Å². The highest BCUT2D eigenvalue weighted by Crippen LogP contribution is 2.49. The highest BCUT2D eigenvalue weighted by Gasteiger charge is 2.60. The van der Waals surface area contributed by atoms with Crippen LogP contribution in [-0.2, 0) is 9.47 Å². The van der Waals surface area contributed by atoms with Gasteiger partial charge in [0.05, 0.1) is 17.8 Å². The van der Waals surface area contributed by atoms with Crippen LogP contribution in [0, 0.1) is 5.92 Å². The van der Waals surface area contributed by atoms with Gasteiger partial charge in [0, 0.05) is 11.9 Å². The molecule has 0 spiro atoms. The molecular weight excluding hydrogens is 151 g/mol. The van der Waals surface area contributed by atoms with E-state index in [1.165, 1.54) is 0 Å². The van der Waals surface area contributed by atoms with Crippen LogP contribution in [0.2, 0.25) is 0 Å². The molecule has 2 radical (unpaired) electrons. The molecule has 0 N–H and O–H groups in total. The molecule has 12 heavy (non-hydrogen) atoms. The lowest BCUT2D eigenvalue weighted by Gasteiger charge is -2.35. The molecule has 2 aliphatic heterocycles. The predicted molar refractivity (Wildman–Crippen MR) is 47.1 cm³/mol. The molecule has 0 aromatic heterocycles. The minimum atomic E-state index is -0.212. The summed E-state index contributed by atoms with van der Waals surface area (Å²) in [5, 5.41) is 0. The van der Waals surface area contributed by atoms with Gasteiger partial charge in [-0.2, -0.15) is 0 Å². The fraction of sp³-hybridized carbons (Fsp3) is 1.00. The third-order valence-electron chi connectivity index (χ3n) is 3.54. The molecule has 1 unspecified atom stereocenters. The zero-order valence-electron chi connectivity index (χ0n) is 7.91. The van der Waals surface area contributed by atoms with E-state index in [1.807, 2.05) is 0 Å². The molecule has 2 fully saturated rings. The zero-order chi connectivity index (χ0) is 8.93. The SMILES string of the molecule is [B][C@@H]1O[C@@]2(CC)[C@H](C)OC1[C@H]2C. The summed E-state index contributed by atoms with van der Waals surface area (Å²) < 4.78 is 11.5. The van der Waals surface area contributed by atoms with Crippen LogP contribution < -0.4 is 0 Å². The van der Waals surface area contributed by atoms with Gasteiger partial charge in [-0.15, -0.1) is 0 Å². The van der Waals surface area contributed by atoms with E-state index >= 15 is 0 Å². The molecule has 2 nitrogen and oxygen atoms in total. The van der Waals surface area contributed by atoms with E-state index < -0.39 is 0 Å². The zero-order valence-corrected chi connectivity index (χ0v) is 7.91. The van der Waals surface area contributed by atoms with Gasteiger partial charge in [-0.3, -0.25) is 0 Å². The highest BCUT2D eigenvalue weighted by atomic mass is 16.6. The molecule has 2 saturated heterocycles. The van der Waals surface area contributed by atoms with Crippen LogP contribution in [-0.4, -0.2) is 31.7 Å². The normalized spacial score (nSPS) is 57.9. The lowest BCUT2D eigenvalue weighted by Crippen LogP contribution is -2.44. The summed E-state index contributed by atoms with van der Waals surface area (Å²) in [5.41, 5.74) is -0.107.